The summed E-state index contributed by atoms with van der Waals surface area (Å²) in [6.07, 6.45) is 9.63. The second-order valence-corrected chi connectivity index (χ2v) is 5.45. The molecule has 0 bridgehead atoms. The summed E-state index contributed by atoms with van der Waals surface area (Å²) in [5.74, 6) is 0. The van der Waals surface area contributed by atoms with Gasteiger partial charge in [0.05, 0.1) is 9.75 Å². The summed E-state index contributed by atoms with van der Waals surface area (Å²) in [5, 5.41) is 3.06. The second-order valence-electron chi connectivity index (χ2n) is 3.82. The van der Waals surface area contributed by atoms with Crippen molar-refractivity contribution in [2.45, 2.75) is 23.6 Å². The Hall–Kier alpha value is -0.400. The number of halogens is 2. The summed E-state index contributed by atoms with van der Waals surface area (Å²) in [7, 11) is 1.86. The Morgan fingerprint density at radius 2 is 1.64 bits per heavy atom. The summed E-state index contributed by atoms with van der Waals surface area (Å²) < 4.78 is 0. The minimum absolute atomic E-state index is 0.466. The molecule has 0 aromatic heterocycles. The fourth-order valence-electron chi connectivity index (χ4n) is 1.19. The van der Waals surface area contributed by atoms with E-state index in [2.05, 4.69) is 5.32 Å². The summed E-state index contributed by atoms with van der Waals surface area (Å²) in [4.78, 5) is -0.953. The fourth-order valence-corrected chi connectivity index (χ4v) is 1.50. The Labute approximate surface area is 95.5 Å². The second kappa shape index (κ2) is 4.00. The van der Waals surface area contributed by atoms with Gasteiger partial charge in [0.25, 0.3) is 0 Å². The van der Waals surface area contributed by atoms with E-state index in [0.717, 1.165) is 5.70 Å². The van der Waals surface area contributed by atoms with Gasteiger partial charge in [-0.2, -0.15) is 0 Å². The normalized spacial score (nSPS) is 45.6. The van der Waals surface area contributed by atoms with Gasteiger partial charge in [0, 0.05) is 12.7 Å². The summed E-state index contributed by atoms with van der Waals surface area (Å²) in [6, 6.07) is 0. The average Bonchev–Trinajstić information content (AvgIpc) is 2.08. The standard InChI is InChI=1S/C11H15Cl2N/c1-10(12)5-4-9(14-3)8-11(2,13)7-6-10/h4-8,14H,1-3H3/b5-4-,7-6-,9-8+. The van der Waals surface area contributed by atoms with Crippen molar-refractivity contribution in [3.8, 4) is 0 Å². The maximum atomic E-state index is 6.25. The molecular formula is C11H15Cl2N. The van der Waals surface area contributed by atoms with Gasteiger partial charge in [-0.25, -0.2) is 0 Å². The van der Waals surface area contributed by atoms with Crippen molar-refractivity contribution in [1.82, 2.24) is 5.32 Å². The first-order valence-corrected chi connectivity index (χ1v) is 5.28. The Morgan fingerprint density at radius 1 is 1.07 bits per heavy atom. The quantitative estimate of drug-likeness (QED) is 0.540. The topological polar surface area (TPSA) is 12.0 Å². The third kappa shape index (κ3) is 3.39. The van der Waals surface area contributed by atoms with E-state index in [1.807, 2.05) is 51.3 Å². The van der Waals surface area contributed by atoms with Crippen molar-refractivity contribution in [3.63, 3.8) is 0 Å². The highest BCUT2D eigenvalue weighted by Crippen LogP contribution is 2.27. The molecule has 0 fully saturated rings. The van der Waals surface area contributed by atoms with Gasteiger partial charge in [0.1, 0.15) is 0 Å². The van der Waals surface area contributed by atoms with Crippen molar-refractivity contribution in [3.05, 3.63) is 36.1 Å². The molecular weight excluding hydrogens is 217 g/mol. The molecule has 1 aliphatic rings. The van der Waals surface area contributed by atoms with Crippen LogP contribution in [0.15, 0.2) is 36.1 Å². The molecule has 2 atom stereocenters. The maximum Gasteiger partial charge on any atom is 0.0801 e. The number of nitrogens with one attached hydrogen (secondary N) is 1. The van der Waals surface area contributed by atoms with Gasteiger partial charge >= 0.3 is 0 Å². The Kier molecular flexibility index (Phi) is 3.33. The molecule has 0 saturated heterocycles. The van der Waals surface area contributed by atoms with E-state index in [0.29, 0.717) is 0 Å². The smallest absolute Gasteiger partial charge is 0.0801 e. The number of hydrogen-bond donors (Lipinski definition) is 1. The first-order chi connectivity index (χ1) is 6.35. The lowest BCUT2D eigenvalue weighted by molar-refractivity contribution is 0.888. The largest absolute Gasteiger partial charge is 0.388 e. The lowest BCUT2D eigenvalue weighted by Gasteiger charge is -2.21. The van der Waals surface area contributed by atoms with Gasteiger partial charge in [-0.05, 0) is 26.0 Å². The Balaban J connectivity index is 3.10. The molecule has 14 heavy (non-hydrogen) atoms. The van der Waals surface area contributed by atoms with Crippen molar-refractivity contribution in [2.24, 2.45) is 0 Å². The highest BCUT2D eigenvalue weighted by Gasteiger charge is 2.20. The van der Waals surface area contributed by atoms with Crippen LogP contribution in [0.5, 0.6) is 0 Å². The minimum Gasteiger partial charge on any atom is -0.388 e. The summed E-state index contributed by atoms with van der Waals surface area (Å²) in [5.41, 5.74) is 0.971. The molecule has 0 aromatic carbocycles. The van der Waals surface area contributed by atoms with Crippen molar-refractivity contribution in [2.75, 3.05) is 7.05 Å². The van der Waals surface area contributed by atoms with Gasteiger partial charge in [0.15, 0.2) is 0 Å². The molecule has 3 heteroatoms. The van der Waals surface area contributed by atoms with Gasteiger partial charge in [-0.1, -0.05) is 18.2 Å². The molecule has 0 amide bonds. The van der Waals surface area contributed by atoms with Gasteiger partial charge < -0.3 is 5.32 Å². The predicted molar refractivity (Wildman–Crippen MR) is 63.9 cm³/mol. The number of allylic oxidation sites excluding steroid dienone is 5. The van der Waals surface area contributed by atoms with E-state index >= 15 is 0 Å². The van der Waals surface area contributed by atoms with Gasteiger partial charge in [0.2, 0.25) is 0 Å². The third-order valence-electron chi connectivity index (χ3n) is 2.05. The zero-order chi connectivity index (χ0) is 10.8. The summed E-state index contributed by atoms with van der Waals surface area (Å²) >= 11 is 12.5. The van der Waals surface area contributed by atoms with E-state index in [9.17, 15) is 0 Å². The SMILES string of the molecule is CNC1=C/C(C)(Cl)/C=C\C(C)(Cl)/C=C\1. The molecule has 0 saturated carbocycles. The maximum absolute atomic E-state index is 6.25. The molecule has 2 unspecified atom stereocenters. The molecule has 0 aromatic rings. The molecule has 0 spiro atoms. The van der Waals surface area contributed by atoms with Crippen LogP contribution in [0.1, 0.15) is 13.8 Å². The minimum atomic E-state index is -0.487. The van der Waals surface area contributed by atoms with Gasteiger partial charge in [-0.3, -0.25) is 0 Å². The number of likely N-dealkylation sites (N-methyl/N-ethyl adjacent to an activating group) is 1. The highest BCUT2D eigenvalue weighted by atomic mass is 35.5. The van der Waals surface area contributed by atoms with Crippen LogP contribution in [-0.4, -0.2) is 16.8 Å². The zero-order valence-electron chi connectivity index (χ0n) is 8.64. The van der Waals surface area contributed by atoms with Crippen molar-refractivity contribution in [1.29, 1.82) is 0 Å². The molecule has 78 valence electrons. The van der Waals surface area contributed by atoms with E-state index in [-0.39, 0.29) is 0 Å². The van der Waals surface area contributed by atoms with E-state index in [4.69, 9.17) is 23.2 Å². The highest BCUT2D eigenvalue weighted by molar-refractivity contribution is 6.28. The lowest BCUT2D eigenvalue weighted by Crippen LogP contribution is -2.19. The number of rotatable bonds is 1. The van der Waals surface area contributed by atoms with Crippen LogP contribution in [-0.2, 0) is 0 Å². The van der Waals surface area contributed by atoms with Crippen LogP contribution in [0.4, 0.5) is 0 Å². The monoisotopic (exact) mass is 231 g/mol. The third-order valence-corrected chi connectivity index (χ3v) is 2.54. The van der Waals surface area contributed by atoms with Crippen molar-refractivity contribution >= 4 is 23.2 Å². The fraction of sp³-hybridized carbons (Fsp3) is 0.455. The molecule has 1 nitrogen and oxygen atoms in total. The Morgan fingerprint density at radius 3 is 2.21 bits per heavy atom. The number of hydrogen-bond acceptors (Lipinski definition) is 1. The first kappa shape index (κ1) is 11.7. The number of alkyl halides is 2. The van der Waals surface area contributed by atoms with Crippen LogP contribution in [0.25, 0.3) is 0 Å². The average molecular weight is 232 g/mol. The lowest BCUT2D eigenvalue weighted by atomic mass is 10.0. The van der Waals surface area contributed by atoms with Crippen LogP contribution in [0, 0.1) is 0 Å². The molecule has 1 rings (SSSR count). The molecule has 0 aliphatic heterocycles. The van der Waals surface area contributed by atoms with Crippen LogP contribution < -0.4 is 5.32 Å². The predicted octanol–water partition coefficient (Wildman–Crippen LogP) is 3.21. The van der Waals surface area contributed by atoms with E-state index in [1.54, 1.807) is 0 Å². The van der Waals surface area contributed by atoms with Gasteiger partial charge in [-0.15, -0.1) is 23.2 Å². The van der Waals surface area contributed by atoms with E-state index < -0.39 is 9.75 Å². The first-order valence-electron chi connectivity index (χ1n) is 4.53. The van der Waals surface area contributed by atoms with E-state index in [1.165, 1.54) is 0 Å². The molecule has 0 radical (unpaired) electrons. The zero-order valence-corrected chi connectivity index (χ0v) is 10.2. The van der Waals surface area contributed by atoms with Crippen molar-refractivity contribution < 1.29 is 0 Å². The van der Waals surface area contributed by atoms with Crippen LogP contribution in [0.3, 0.4) is 0 Å². The summed E-state index contributed by atoms with van der Waals surface area (Å²) in [6.45, 7) is 3.85. The van der Waals surface area contributed by atoms with Crippen LogP contribution >= 0.6 is 23.2 Å². The molecule has 1 aliphatic carbocycles. The van der Waals surface area contributed by atoms with Crippen LogP contribution in [0.2, 0.25) is 0 Å². The Bertz CT molecular complexity index is 298. The molecule has 0 heterocycles. The molecule has 1 N–H and O–H groups in total.